The van der Waals surface area contributed by atoms with Crippen LogP contribution in [0.1, 0.15) is 129 Å². The van der Waals surface area contributed by atoms with Crippen LogP contribution in [-0.4, -0.2) is 61.3 Å². The standard InChI is InChI=1S/C28H62NO3Si.ClH/c1-7-9-11-13-15-17-19-21-25-29(3,26-22-20-18-16-14-12-10-8-2)27-23-24-28-33(30-4,31-5)32-6;/h7-28H2,1-6H3;1H/q+1;/p-1. The minimum atomic E-state index is -2.42. The summed E-state index contributed by atoms with van der Waals surface area (Å²) in [6, 6.07) is 0.923. The van der Waals surface area contributed by atoms with Crippen LogP contribution < -0.4 is 12.4 Å². The van der Waals surface area contributed by atoms with Gasteiger partial charge < -0.3 is 30.2 Å². The van der Waals surface area contributed by atoms with Crippen LogP contribution in [-0.2, 0) is 13.3 Å². The van der Waals surface area contributed by atoms with Crippen molar-refractivity contribution >= 4 is 8.80 Å². The van der Waals surface area contributed by atoms with E-state index in [1.165, 1.54) is 133 Å². The Morgan fingerprint density at radius 1 is 0.471 bits per heavy atom. The highest BCUT2D eigenvalue weighted by molar-refractivity contribution is 6.60. The molecule has 0 unspecified atom stereocenters. The summed E-state index contributed by atoms with van der Waals surface area (Å²) >= 11 is 0. The van der Waals surface area contributed by atoms with Gasteiger partial charge in [0.2, 0.25) is 0 Å². The molecule has 0 aromatic rings. The maximum Gasteiger partial charge on any atom is 0.500 e. The lowest BCUT2D eigenvalue weighted by molar-refractivity contribution is -0.910. The number of quaternary nitrogens is 1. The van der Waals surface area contributed by atoms with E-state index in [0.29, 0.717) is 0 Å². The molecular formula is C28H62ClNO3Si. The van der Waals surface area contributed by atoms with Crippen molar-refractivity contribution in [2.75, 3.05) is 48.0 Å². The van der Waals surface area contributed by atoms with Gasteiger partial charge in [0, 0.05) is 27.4 Å². The topological polar surface area (TPSA) is 27.7 Å². The van der Waals surface area contributed by atoms with E-state index in [1.54, 1.807) is 21.3 Å². The van der Waals surface area contributed by atoms with Crippen LogP contribution in [0.25, 0.3) is 0 Å². The lowest BCUT2D eigenvalue weighted by Crippen LogP contribution is -3.00. The Labute approximate surface area is 222 Å². The molecule has 0 aliphatic carbocycles. The van der Waals surface area contributed by atoms with Crippen molar-refractivity contribution in [1.29, 1.82) is 0 Å². The number of hydrogen-bond donors (Lipinski definition) is 0. The van der Waals surface area contributed by atoms with Crippen LogP contribution in [0.5, 0.6) is 0 Å². The predicted octanol–water partition coefficient (Wildman–Crippen LogP) is 5.38. The first kappa shape index (κ1) is 36.5. The van der Waals surface area contributed by atoms with Gasteiger partial charge in [-0.2, -0.15) is 0 Å². The van der Waals surface area contributed by atoms with E-state index in [0.717, 1.165) is 12.5 Å². The number of unbranched alkanes of at least 4 members (excludes halogenated alkanes) is 15. The molecule has 6 heteroatoms. The van der Waals surface area contributed by atoms with E-state index in [9.17, 15) is 0 Å². The van der Waals surface area contributed by atoms with Gasteiger partial charge in [-0.25, -0.2) is 0 Å². The number of halogens is 1. The van der Waals surface area contributed by atoms with Gasteiger partial charge in [-0.05, 0) is 38.5 Å². The quantitative estimate of drug-likeness (QED) is 0.0865. The second-order valence-electron chi connectivity index (χ2n) is 10.5. The molecule has 0 heterocycles. The van der Waals surface area contributed by atoms with E-state index < -0.39 is 8.80 Å². The van der Waals surface area contributed by atoms with Crippen LogP contribution in [0.2, 0.25) is 6.04 Å². The molecule has 0 saturated heterocycles. The van der Waals surface area contributed by atoms with E-state index in [4.69, 9.17) is 13.3 Å². The monoisotopic (exact) mass is 523 g/mol. The molecule has 0 atom stereocenters. The molecule has 208 valence electrons. The largest absolute Gasteiger partial charge is 1.00 e. The average molecular weight is 524 g/mol. The Kier molecular flexibility index (Phi) is 26.9. The molecular weight excluding hydrogens is 462 g/mol. The predicted molar refractivity (Wildman–Crippen MR) is 147 cm³/mol. The van der Waals surface area contributed by atoms with Gasteiger partial charge >= 0.3 is 8.80 Å². The van der Waals surface area contributed by atoms with Crippen molar-refractivity contribution in [3.05, 3.63) is 0 Å². The van der Waals surface area contributed by atoms with Crippen LogP contribution in [0.4, 0.5) is 0 Å². The fourth-order valence-corrected chi connectivity index (χ4v) is 6.78. The molecule has 0 fully saturated rings. The van der Waals surface area contributed by atoms with Crippen molar-refractivity contribution < 1.29 is 30.2 Å². The van der Waals surface area contributed by atoms with Crippen LogP contribution in [0, 0.1) is 0 Å². The highest BCUT2D eigenvalue weighted by atomic mass is 35.5. The Morgan fingerprint density at radius 2 is 0.765 bits per heavy atom. The lowest BCUT2D eigenvalue weighted by atomic mass is 10.1. The minimum Gasteiger partial charge on any atom is -1.00 e. The molecule has 0 saturated carbocycles. The summed E-state index contributed by atoms with van der Waals surface area (Å²) in [5.74, 6) is 0. The van der Waals surface area contributed by atoms with Crippen LogP contribution in [0.3, 0.4) is 0 Å². The molecule has 0 spiro atoms. The van der Waals surface area contributed by atoms with Gasteiger partial charge in [0.1, 0.15) is 0 Å². The average Bonchev–Trinajstić information content (AvgIpc) is 2.83. The Bertz CT molecular complexity index is 383. The summed E-state index contributed by atoms with van der Waals surface area (Å²) in [5, 5.41) is 0. The molecule has 4 nitrogen and oxygen atoms in total. The second kappa shape index (κ2) is 25.0. The number of nitrogens with zero attached hydrogens (tertiary/aromatic N) is 1. The Morgan fingerprint density at radius 3 is 1.09 bits per heavy atom. The second-order valence-corrected chi connectivity index (χ2v) is 13.6. The van der Waals surface area contributed by atoms with Crippen LogP contribution >= 0.6 is 0 Å². The molecule has 0 aliphatic heterocycles. The van der Waals surface area contributed by atoms with E-state index >= 15 is 0 Å². The SMILES string of the molecule is CCCCCCCCCC[N+](C)(CCCCCCCCCC)CCCC[Si](OC)(OC)OC.[Cl-]. The zero-order valence-electron chi connectivity index (χ0n) is 24.1. The summed E-state index contributed by atoms with van der Waals surface area (Å²) in [5.41, 5.74) is 0. The molecule has 0 aromatic carbocycles. The molecule has 0 bridgehead atoms. The summed E-state index contributed by atoms with van der Waals surface area (Å²) in [7, 11) is 5.27. The lowest BCUT2D eigenvalue weighted by Gasteiger charge is -2.35. The molecule has 34 heavy (non-hydrogen) atoms. The normalized spacial score (nSPS) is 12.2. The van der Waals surface area contributed by atoms with E-state index in [2.05, 4.69) is 20.9 Å². The summed E-state index contributed by atoms with van der Waals surface area (Å²) in [6.07, 6.45) is 24.9. The number of rotatable bonds is 26. The smallest absolute Gasteiger partial charge is 0.500 e. The highest BCUT2D eigenvalue weighted by Gasteiger charge is 2.37. The first-order valence-electron chi connectivity index (χ1n) is 14.5. The first-order valence-corrected chi connectivity index (χ1v) is 16.4. The highest BCUT2D eigenvalue weighted by Crippen LogP contribution is 2.19. The molecule has 0 aliphatic rings. The van der Waals surface area contributed by atoms with Gasteiger partial charge in [-0.15, -0.1) is 0 Å². The maximum absolute atomic E-state index is 5.61. The Hall–Kier alpha value is 0.347. The Balaban J connectivity index is 0. The molecule has 0 radical (unpaired) electrons. The molecule has 0 N–H and O–H groups in total. The molecule has 0 rings (SSSR count). The van der Waals surface area contributed by atoms with Crippen LogP contribution in [0.15, 0.2) is 0 Å². The summed E-state index contributed by atoms with van der Waals surface area (Å²) < 4.78 is 18.1. The fourth-order valence-electron chi connectivity index (χ4n) is 4.98. The minimum absolute atomic E-state index is 0. The van der Waals surface area contributed by atoms with Crippen molar-refractivity contribution in [3.8, 4) is 0 Å². The van der Waals surface area contributed by atoms with Gasteiger partial charge in [0.25, 0.3) is 0 Å². The van der Waals surface area contributed by atoms with Crippen molar-refractivity contribution in [2.24, 2.45) is 0 Å². The van der Waals surface area contributed by atoms with Gasteiger partial charge in [-0.3, -0.25) is 0 Å². The first-order chi connectivity index (χ1) is 16.0. The zero-order valence-corrected chi connectivity index (χ0v) is 25.9. The van der Waals surface area contributed by atoms with Crippen molar-refractivity contribution in [3.63, 3.8) is 0 Å². The van der Waals surface area contributed by atoms with Crippen molar-refractivity contribution in [2.45, 2.75) is 135 Å². The van der Waals surface area contributed by atoms with Gasteiger partial charge in [0.15, 0.2) is 0 Å². The third-order valence-electron chi connectivity index (χ3n) is 7.47. The van der Waals surface area contributed by atoms with E-state index in [-0.39, 0.29) is 12.4 Å². The third-order valence-corrected chi connectivity index (χ3v) is 10.3. The third kappa shape index (κ3) is 19.5. The fraction of sp³-hybridized carbons (Fsp3) is 1.00. The number of hydrogen-bond acceptors (Lipinski definition) is 3. The van der Waals surface area contributed by atoms with Gasteiger partial charge in [0.05, 0.1) is 26.7 Å². The zero-order chi connectivity index (χ0) is 24.7. The van der Waals surface area contributed by atoms with Gasteiger partial charge in [-0.1, -0.05) is 90.9 Å². The maximum atomic E-state index is 5.61. The van der Waals surface area contributed by atoms with E-state index in [1.807, 2.05) is 0 Å². The summed E-state index contributed by atoms with van der Waals surface area (Å²) in [4.78, 5) is 0. The molecule has 0 aromatic heterocycles. The summed E-state index contributed by atoms with van der Waals surface area (Å²) in [6.45, 7) is 8.55. The molecule has 0 amide bonds. The van der Waals surface area contributed by atoms with Crippen molar-refractivity contribution in [1.82, 2.24) is 0 Å².